The molecule has 1 radical (unpaired) electrons. The van der Waals surface area contributed by atoms with Crippen molar-refractivity contribution in [2.75, 3.05) is 0 Å². The molecule has 4 heteroatoms. The maximum atomic E-state index is 3.88. The van der Waals surface area contributed by atoms with E-state index < -0.39 is 0 Å². The van der Waals surface area contributed by atoms with Crippen LogP contribution in [0.3, 0.4) is 0 Å². The van der Waals surface area contributed by atoms with E-state index in [-0.39, 0.29) is 19.5 Å². The number of benzene rings is 1. The molecular formula is C12H14N3Rh-. The minimum absolute atomic E-state index is 0. The van der Waals surface area contributed by atoms with Crippen LogP contribution in [0, 0.1) is 13.1 Å². The fraction of sp³-hybridized carbons (Fsp3) is 0.333. The third-order valence-electron chi connectivity index (χ3n) is 2.66. The van der Waals surface area contributed by atoms with Crippen LogP contribution in [0.1, 0.15) is 18.1 Å². The summed E-state index contributed by atoms with van der Waals surface area (Å²) in [6.45, 7) is 4.30. The van der Waals surface area contributed by atoms with E-state index in [2.05, 4.69) is 48.6 Å². The molecule has 2 aromatic rings. The van der Waals surface area contributed by atoms with Gasteiger partial charge in [0.1, 0.15) is 0 Å². The van der Waals surface area contributed by atoms with Crippen LogP contribution in [0.2, 0.25) is 0 Å². The first kappa shape index (κ1) is 13.1. The van der Waals surface area contributed by atoms with E-state index in [9.17, 15) is 0 Å². The number of rotatable bonds is 2. The standard InChI is InChI=1S/C12H14N3.Rh/c1-4-10-7-11(6-5-9(10)2)12-8-13-14-15(12)3;/h5-7H,4H2,1-3H3;/q-1;. The van der Waals surface area contributed by atoms with Gasteiger partial charge in [0.15, 0.2) is 0 Å². The van der Waals surface area contributed by atoms with Gasteiger partial charge in [0.25, 0.3) is 0 Å². The van der Waals surface area contributed by atoms with Gasteiger partial charge in [0.05, 0.1) is 0 Å². The predicted octanol–water partition coefficient (Wildman–Crippen LogP) is 2.15. The van der Waals surface area contributed by atoms with E-state index >= 15 is 0 Å². The normalized spacial score (nSPS) is 9.94. The Morgan fingerprint density at radius 3 is 2.69 bits per heavy atom. The summed E-state index contributed by atoms with van der Waals surface area (Å²) in [6, 6.07) is 6.41. The van der Waals surface area contributed by atoms with Crippen LogP contribution in [-0.2, 0) is 32.9 Å². The van der Waals surface area contributed by atoms with Gasteiger partial charge in [0, 0.05) is 26.5 Å². The molecule has 2 rings (SSSR count). The summed E-state index contributed by atoms with van der Waals surface area (Å²) in [5.41, 5.74) is 4.76. The molecule has 0 aliphatic carbocycles. The molecule has 87 valence electrons. The topological polar surface area (TPSA) is 30.7 Å². The molecule has 0 saturated carbocycles. The van der Waals surface area contributed by atoms with Crippen LogP contribution < -0.4 is 0 Å². The Bertz CT molecular complexity index is 477. The van der Waals surface area contributed by atoms with Crippen molar-refractivity contribution in [1.82, 2.24) is 15.0 Å². The number of aryl methyl sites for hydroxylation is 3. The zero-order valence-corrected chi connectivity index (χ0v) is 11.3. The Labute approximate surface area is 109 Å². The zero-order valence-electron chi connectivity index (χ0n) is 9.61. The van der Waals surface area contributed by atoms with Crippen molar-refractivity contribution in [2.24, 2.45) is 7.05 Å². The summed E-state index contributed by atoms with van der Waals surface area (Å²) in [4.78, 5) is 0. The third-order valence-corrected chi connectivity index (χ3v) is 2.66. The first-order valence-electron chi connectivity index (χ1n) is 5.09. The molecule has 0 aliphatic heterocycles. The maximum Gasteiger partial charge on any atom is 0.0285 e. The minimum Gasteiger partial charge on any atom is -0.286 e. The van der Waals surface area contributed by atoms with E-state index in [1.54, 1.807) is 4.68 Å². The molecule has 1 aromatic heterocycles. The van der Waals surface area contributed by atoms with E-state index in [1.165, 1.54) is 11.1 Å². The SMILES string of the molecule is CCc1cc(-c2[c-]nnn2C)ccc1C.[Rh]. The molecular weight excluding hydrogens is 289 g/mol. The molecule has 1 aromatic carbocycles. The molecule has 0 aliphatic rings. The van der Waals surface area contributed by atoms with Crippen molar-refractivity contribution >= 4 is 0 Å². The average molecular weight is 303 g/mol. The van der Waals surface area contributed by atoms with Gasteiger partial charge in [-0.3, -0.25) is 4.68 Å². The van der Waals surface area contributed by atoms with E-state index in [0.29, 0.717) is 0 Å². The molecule has 3 nitrogen and oxygen atoms in total. The van der Waals surface area contributed by atoms with Crippen LogP contribution in [0.4, 0.5) is 0 Å². The first-order valence-corrected chi connectivity index (χ1v) is 5.09. The molecule has 0 spiro atoms. The van der Waals surface area contributed by atoms with E-state index in [0.717, 1.165) is 17.7 Å². The maximum absolute atomic E-state index is 3.88. The van der Waals surface area contributed by atoms with Gasteiger partial charge in [-0.1, -0.05) is 41.2 Å². The summed E-state index contributed by atoms with van der Waals surface area (Å²) in [5.74, 6) is 0. The van der Waals surface area contributed by atoms with Crippen LogP contribution in [0.25, 0.3) is 11.3 Å². The fourth-order valence-electron chi connectivity index (χ4n) is 1.70. The number of aromatic nitrogens is 3. The Hall–Kier alpha value is -1.02. The monoisotopic (exact) mass is 303 g/mol. The Morgan fingerprint density at radius 1 is 1.38 bits per heavy atom. The predicted molar refractivity (Wildman–Crippen MR) is 59.4 cm³/mol. The van der Waals surface area contributed by atoms with Crippen molar-refractivity contribution in [3.63, 3.8) is 0 Å². The van der Waals surface area contributed by atoms with E-state index in [4.69, 9.17) is 0 Å². The molecule has 0 amide bonds. The van der Waals surface area contributed by atoms with Gasteiger partial charge in [0.2, 0.25) is 0 Å². The van der Waals surface area contributed by atoms with Crippen molar-refractivity contribution < 1.29 is 19.5 Å². The third kappa shape index (κ3) is 2.38. The Kier molecular flexibility index (Phi) is 4.37. The van der Waals surface area contributed by atoms with Crippen LogP contribution in [0.5, 0.6) is 0 Å². The van der Waals surface area contributed by atoms with E-state index in [1.807, 2.05) is 7.05 Å². The fourth-order valence-corrected chi connectivity index (χ4v) is 1.70. The second-order valence-electron chi connectivity index (χ2n) is 3.67. The van der Waals surface area contributed by atoms with Crippen LogP contribution >= 0.6 is 0 Å². The Balaban J connectivity index is 0.00000128. The second-order valence-corrected chi connectivity index (χ2v) is 3.67. The average Bonchev–Trinajstić information content (AvgIpc) is 2.65. The smallest absolute Gasteiger partial charge is 0.0285 e. The van der Waals surface area contributed by atoms with Gasteiger partial charge in [-0.15, -0.1) is 17.7 Å². The second kappa shape index (κ2) is 5.35. The largest absolute Gasteiger partial charge is 0.286 e. The van der Waals surface area contributed by atoms with Crippen molar-refractivity contribution in [2.45, 2.75) is 20.3 Å². The van der Waals surface area contributed by atoms with Crippen molar-refractivity contribution in [1.29, 1.82) is 0 Å². The van der Waals surface area contributed by atoms with Gasteiger partial charge < -0.3 is 0 Å². The summed E-state index contributed by atoms with van der Waals surface area (Å²) in [7, 11) is 1.88. The van der Waals surface area contributed by atoms with Gasteiger partial charge in [-0.25, -0.2) is 5.10 Å². The minimum atomic E-state index is 0. The first-order chi connectivity index (χ1) is 7.22. The zero-order chi connectivity index (χ0) is 10.8. The molecule has 1 heterocycles. The summed E-state index contributed by atoms with van der Waals surface area (Å²) in [5, 5.41) is 7.65. The van der Waals surface area contributed by atoms with Gasteiger partial charge in [-0.05, 0) is 13.3 Å². The summed E-state index contributed by atoms with van der Waals surface area (Å²) >= 11 is 0. The van der Waals surface area contributed by atoms with Gasteiger partial charge in [-0.2, -0.15) is 0 Å². The van der Waals surface area contributed by atoms with Gasteiger partial charge >= 0.3 is 0 Å². The molecule has 0 saturated heterocycles. The number of hydrogen-bond acceptors (Lipinski definition) is 2. The summed E-state index contributed by atoms with van der Waals surface area (Å²) < 4.78 is 1.74. The molecule has 0 fully saturated rings. The quantitative estimate of drug-likeness (QED) is 0.629. The van der Waals surface area contributed by atoms with Crippen LogP contribution in [0.15, 0.2) is 18.2 Å². The molecule has 0 atom stereocenters. The van der Waals surface area contributed by atoms with Crippen LogP contribution in [-0.4, -0.2) is 15.0 Å². The Morgan fingerprint density at radius 2 is 2.12 bits per heavy atom. The van der Waals surface area contributed by atoms with Crippen molar-refractivity contribution in [3.05, 3.63) is 35.5 Å². The molecule has 0 bridgehead atoms. The van der Waals surface area contributed by atoms with Crippen molar-refractivity contribution in [3.8, 4) is 11.3 Å². The molecule has 0 N–H and O–H groups in total. The number of hydrogen-bond donors (Lipinski definition) is 0. The summed E-state index contributed by atoms with van der Waals surface area (Å²) in [6.07, 6.45) is 3.94. The number of nitrogens with zero attached hydrogens (tertiary/aromatic N) is 3. The molecule has 0 unspecified atom stereocenters. The molecule has 16 heavy (non-hydrogen) atoms.